The maximum atomic E-state index is 5.66. The number of aromatic nitrogens is 3. The zero-order valence-corrected chi connectivity index (χ0v) is 11.4. The van der Waals surface area contributed by atoms with Crippen LogP contribution in [0.15, 0.2) is 16.7 Å². The topological polar surface area (TPSA) is 77.8 Å². The lowest BCUT2D eigenvalue weighted by atomic mass is 10.4. The summed E-state index contributed by atoms with van der Waals surface area (Å²) in [5.74, 6) is 1.08. The van der Waals surface area contributed by atoms with Crippen molar-refractivity contribution in [2.75, 3.05) is 5.73 Å². The van der Waals surface area contributed by atoms with Gasteiger partial charge in [0.2, 0.25) is 5.82 Å². The number of hydrogen-bond acceptors (Lipinski definition) is 7. The normalized spacial score (nSPS) is 11.0. The fraction of sp³-hybridized carbons (Fsp3) is 0.182. The van der Waals surface area contributed by atoms with E-state index in [4.69, 9.17) is 10.3 Å². The second-order valence-electron chi connectivity index (χ2n) is 3.80. The van der Waals surface area contributed by atoms with Crippen LogP contribution in [0.1, 0.15) is 10.6 Å². The van der Waals surface area contributed by atoms with Crippen LogP contribution in [0.2, 0.25) is 0 Å². The van der Waals surface area contributed by atoms with Crippen molar-refractivity contribution in [2.24, 2.45) is 0 Å². The Morgan fingerprint density at radius 1 is 1.17 bits per heavy atom. The summed E-state index contributed by atoms with van der Waals surface area (Å²) in [4.78, 5) is 11.6. The third-order valence-electron chi connectivity index (χ3n) is 2.39. The van der Waals surface area contributed by atoms with Crippen LogP contribution in [0.3, 0.4) is 0 Å². The minimum Gasteiger partial charge on any atom is -0.375 e. The van der Waals surface area contributed by atoms with Crippen molar-refractivity contribution in [3.8, 4) is 21.5 Å². The molecule has 0 aliphatic carbocycles. The van der Waals surface area contributed by atoms with Crippen molar-refractivity contribution in [3.05, 3.63) is 22.7 Å². The lowest BCUT2D eigenvalue weighted by Crippen LogP contribution is -1.81. The molecule has 0 aliphatic rings. The summed E-state index contributed by atoms with van der Waals surface area (Å²) in [5, 5.41) is 4.50. The first-order valence-corrected chi connectivity index (χ1v) is 6.90. The quantitative estimate of drug-likeness (QED) is 0.779. The van der Waals surface area contributed by atoms with E-state index in [1.54, 1.807) is 11.3 Å². The lowest BCUT2D eigenvalue weighted by Gasteiger charge is -1.86. The van der Waals surface area contributed by atoms with E-state index in [1.807, 2.05) is 26.0 Å². The molecule has 0 fully saturated rings. The second-order valence-corrected chi connectivity index (χ2v) is 6.12. The number of thiazole rings is 1. The van der Waals surface area contributed by atoms with E-state index >= 15 is 0 Å². The monoisotopic (exact) mass is 278 g/mol. The molecule has 0 atom stereocenters. The zero-order chi connectivity index (χ0) is 12.7. The second kappa shape index (κ2) is 4.18. The average Bonchev–Trinajstić information content (AvgIpc) is 2.98. The van der Waals surface area contributed by atoms with Gasteiger partial charge in [-0.2, -0.15) is 4.98 Å². The number of nitrogens with zero attached hydrogens (tertiary/aromatic N) is 3. The van der Waals surface area contributed by atoms with Crippen LogP contribution in [-0.4, -0.2) is 15.1 Å². The van der Waals surface area contributed by atoms with Crippen molar-refractivity contribution in [1.29, 1.82) is 0 Å². The highest BCUT2D eigenvalue weighted by atomic mass is 32.1. The van der Waals surface area contributed by atoms with Gasteiger partial charge in [0, 0.05) is 4.88 Å². The molecule has 3 rings (SSSR count). The first-order valence-electron chi connectivity index (χ1n) is 5.27. The summed E-state index contributed by atoms with van der Waals surface area (Å²) in [5.41, 5.74) is 6.47. The molecule has 2 N–H and O–H groups in total. The number of rotatable bonds is 2. The fourth-order valence-corrected chi connectivity index (χ4v) is 3.13. The Bertz CT molecular complexity index is 698. The first kappa shape index (κ1) is 11.4. The van der Waals surface area contributed by atoms with Gasteiger partial charge < -0.3 is 10.3 Å². The van der Waals surface area contributed by atoms with E-state index < -0.39 is 0 Å². The number of nitrogen functional groups attached to an aromatic ring is 1. The molecule has 0 aromatic carbocycles. The molecule has 3 aromatic heterocycles. The maximum Gasteiger partial charge on any atom is 0.270 e. The van der Waals surface area contributed by atoms with Crippen molar-refractivity contribution >= 4 is 27.8 Å². The molecule has 3 aromatic rings. The molecular weight excluding hydrogens is 268 g/mol. The molecule has 0 aliphatic heterocycles. The molecule has 0 spiro atoms. The summed E-state index contributed by atoms with van der Waals surface area (Å²) in [7, 11) is 0. The molecule has 0 saturated heterocycles. The Kier molecular flexibility index (Phi) is 2.64. The van der Waals surface area contributed by atoms with Crippen LogP contribution in [0.5, 0.6) is 0 Å². The van der Waals surface area contributed by atoms with Gasteiger partial charge in [0.1, 0.15) is 4.88 Å². The largest absolute Gasteiger partial charge is 0.375 e. The number of aryl methyl sites for hydroxylation is 2. The summed E-state index contributed by atoms with van der Waals surface area (Å²) >= 11 is 2.99. The first-order chi connectivity index (χ1) is 8.63. The lowest BCUT2D eigenvalue weighted by molar-refractivity contribution is 0.433. The van der Waals surface area contributed by atoms with Crippen LogP contribution in [-0.2, 0) is 0 Å². The predicted molar refractivity (Wildman–Crippen MR) is 72.6 cm³/mol. The highest BCUT2D eigenvalue weighted by Gasteiger charge is 2.16. The average molecular weight is 278 g/mol. The van der Waals surface area contributed by atoms with E-state index in [1.165, 1.54) is 16.2 Å². The molecule has 0 radical (unpaired) electrons. The van der Waals surface area contributed by atoms with E-state index in [2.05, 4.69) is 15.1 Å². The van der Waals surface area contributed by atoms with Gasteiger partial charge in [-0.05, 0) is 26.0 Å². The molecule has 0 amide bonds. The van der Waals surface area contributed by atoms with Gasteiger partial charge in [-0.1, -0.05) is 16.5 Å². The standard InChI is InChI=1S/C11H10N4OS2/c1-5-3-4-7(17-5)9-14-10(16-15-9)8-6(2)13-11(12)18-8/h3-4H,1-2H3,(H2,12,13). The highest BCUT2D eigenvalue weighted by Crippen LogP contribution is 2.32. The van der Waals surface area contributed by atoms with Gasteiger partial charge in [-0.25, -0.2) is 4.98 Å². The molecule has 0 saturated carbocycles. The molecule has 3 heterocycles. The van der Waals surface area contributed by atoms with E-state index in [9.17, 15) is 0 Å². The van der Waals surface area contributed by atoms with Crippen molar-refractivity contribution < 1.29 is 4.52 Å². The Morgan fingerprint density at radius 3 is 2.61 bits per heavy atom. The number of nitrogens with two attached hydrogens (primary N) is 1. The van der Waals surface area contributed by atoms with Crippen LogP contribution < -0.4 is 5.73 Å². The third kappa shape index (κ3) is 1.91. The van der Waals surface area contributed by atoms with Crippen molar-refractivity contribution in [3.63, 3.8) is 0 Å². The van der Waals surface area contributed by atoms with E-state index in [0.717, 1.165) is 15.4 Å². The zero-order valence-electron chi connectivity index (χ0n) is 9.80. The molecule has 7 heteroatoms. The number of anilines is 1. The molecular formula is C11H10N4OS2. The van der Waals surface area contributed by atoms with Crippen LogP contribution in [0.4, 0.5) is 5.13 Å². The van der Waals surface area contributed by atoms with Crippen LogP contribution in [0, 0.1) is 13.8 Å². The summed E-state index contributed by atoms with van der Waals surface area (Å²) in [6.45, 7) is 3.92. The van der Waals surface area contributed by atoms with Gasteiger partial charge in [0.15, 0.2) is 5.13 Å². The number of hydrogen-bond donors (Lipinski definition) is 1. The van der Waals surface area contributed by atoms with Gasteiger partial charge >= 0.3 is 0 Å². The van der Waals surface area contributed by atoms with E-state index in [0.29, 0.717) is 16.8 Å². The van der Waals surface area contributed by atoms with Gasteiger partial charge in [-0.15, -0.1) is 11.3 Å². The van der Waals surface area contributed by atoms with Crippen molar-refractivity contribution in [1.82, 2.24) is 15.1 Å². The fourth-order valence-electron chi connectivity index (χ4n) is 1.59. The molecule has 5 nitrogen and oxygen atoms in total. The Hall–Kier alpha value is -1.73. The maximum absolute atomic E-state index is 5.66. The summed E-state index contributed by atoms with van der Waals surface area (Å²) in [6.07, 6.45) is 0. The predicted octanol–water partition coefficient (Wildman–Crippen LogP) is 3.12. The van der Waals surface area contributed by atoms with Gasteiger partial charge in [-0.3, -0.25) is 0 Å². The Balaban J connectivity index is 2.01. The Morgan fingerprint density at radius 2 is 2.00 bits per heavy atom. The Labute approximate surface area is 111 Å². The smallest absolute Gasteiger partial charge is 0.270 e. The van der Waals surface area contributed by atoms with Gasteiger partial charge in [0.25, 0.3) is 5.89 Å². The highest BCUT2D eigenvalue weighted by molar-refractivity contribution is 7.18. The molecule has 0 bridgehead atoms. The minimum atomic E-state index is 0.475. The summed E-state index contributed by atoms with van der Waals surface area (Å²) < 4.78 is 5.27. The molecule has 18 heavy (non-hydrogen) atoms. The van der Waals surface area contributed by atoms with Crippen molar-refractivity contribution in [2.45, 2.75) is 13.8 Å². The van der Waals surface area contributed by atoms with E-state index in [-0.39, 0.29) is 0 Å². The molecule has 92 valence electrons. The van der Waals surface area contributed by atoms with Gasteiger partial charge in [0.05, 0.1) is 10.6 Å². The third-order valence-corrected chi connectivity index (χ3v) is 4.37. The van der Waals surface area contributed by atoms with Crippen LogP contribution in [0.25, 0.3) is 21.5 Å². The summed E-state index contributed by atoms with van der Waals surface area (Å²) in [6, 6.07) is 4.02. The SMILES string of the molecule is Cc1ccc(-c2noc(-c3sc(N)nc3C)n2)s1. The number of thiophene rings is 1. The molecule has 0 unspecified atom stereocenters. The van der Waals surface area contributed by atoms with Crippen LogP contribution >= 0.6 is 22.7 Å². The minimum absolute atomic E-state index is 0.475.